The Bertz CT molecular complexity index is 414. The van der Waals surface area contributed by atoms with Crippen LogP contribution in [-0.4, -0.2) is 28.4 Å². The summed E-state index contributed by atoms with van der Waals surface area (Å²) in [6.45, 7) is 6.91. The van der Waals surface area contributed by atoms with E-state index in [9.17, 15) is 5.11 Å². The maximum Gasteiger partial charge on any atom is 0.237 e. The van der Waals surface area contributed by atoms with Crippen LogP contribution in [0.25, 0.3) is 0 Å². The van der Waals surface area contributed by atoms with Gasteiger partial charge in [-0.2, -0.15) is 0 Å². The van der Waals surface area contributed by atoms with Crippen molar-refractivity contribution in [1.82, 2.24) is 4.98 Å². The molecule has 0 saturated carbocycles. The first kappa shape index (κ1) is 14.5. The first-order valence-corrected chi connectivity index (χ1v) is 5.63. The molecule has 0 unspecified atom stereocenters. The van der Waals surface area contributed by atoms with E-state index in [0.29, 0.717) is 17.3 Å². The molecule has 6 heteroatoms. The number of aliphatic hydroxyl groups is 1. The lowest BCUT2D eigenvalue weighted by molar-refractivity contribution is -0.130. The highest BCUT2D eigenvalue weighted by Crippen LogP contribution is 2.27. The number of nitrogen functional groups attached to an aromatic ring is 1. The van der Waals surface area contributed by atoms with Gasteiger partial charge < -0.3 is 15.6 Å². The van der Waals surface area contributed by atoms with Gasteiger partial charge in [-0.15, -0.1) is 0 Å². The van der Waals surface area contributed by atoms with Crippen LogP contribution in [0, 0.1) is 0 Å². The van der Waals surface area contributed by atoms with Gasteiger partial charge in [0.1, 0.15) is 5.60 Å². The lowest BCUT2D eigenvalue weighted by atomic mass is 9.90. The molecule has 0 bridgehead atoms. The number of nitrogens with two attached hydrogens (primary N) is 1. The Labute approximate surface area is 107 Å². The van der Waals surface area contributed by atoms with Gasteiger partial charge in [0.2, 0.25) is 5.88 Å². The number of hydrogen-bond donors (Lipinski definition) is 3. The molecule has 18 heavy (non-hydrogen) atoms. The zero-order chi connectivity index (χ0) is 14.0. The number of hydrogen-bond acceptors (Lipinski definition) is 6. The third kappa shape index (κ3) is 3.24. The monoisotopic (exact) mass is 255 g/mol. The molecule has 0 aliphatic carbocycles. The molecule has 1 heterocycles. The van der Waals surface area contributed by atoms with Crippen LogP contribution in [0.1, 0.15) is 27.7 Å². The predicted molar refractivity (Wildman–Crippen MR) is 70.3 cm³/mol. The van der Waals surface area contributed by atoms with Gasteiger partial charge in [0.15, 0.2) is 0 Å². The van der Waals surface area contributed by atoms with Gasteiger partial charge >= 0.3 is 0 Å². The van der Waals surface area contributed by atoms with Crippen molar-refractivity contribution in [3.8, 4) is 5.88 Å². The van der Waals surface area contributed by atoms with E-state index < -0.39 is 11.2 Å². The third-order valence-electron chi connectivity index (χ3n) is 2.97. The number of ether oxygens (including phenoxy) is 1. The van der Waals surface area contributed by atoms with Crippen molar-refractivity contribution in [3.63, 3.8) is 0 Å². The van der Waals surface area contributed by atoms with Crippen molar-refractivity contribution >= 4 is 11.4 Å². The fraction of sp³-hybridized carbons (Fsp3) is 0.583. The number of rotatable bonds is 5. The van der Waals surface area contributed by atoms with Gasteiger partial charge in [-0.25, -0.2) is 4.98 Å². The Balaban J connectivity index is 2.73. The molecule has 0 saturated heterocycles. The molecule has 0 spiro atoms. The molecule has 0 aliphatic rings. The zero-order valence-corrected chi connectivity index (χ0v) is 11.4. The molecule has 1 aromatic heterocycles. The number of pyridine rings is 1. The molecule has 1 aromatic rings. The minimum atomic E-state index is -0.995. The normalized spacial score (nSPS) is 12.3. The Kier molecular flexibility index (Phi) is 4.03. The van der Waals surface area contributed by atoms with Crippen molar-refractivity contribution in [2.75, 3.05) is 18.3 Å². The van der Waals surface area contributed by atoms with Crippen molar-refractivity contribution in [2.24, 2.45) is 0 Å². The highest BCUT2D eigenvalue weighted by molar-refractivity contribution is 5.57. The molecule has 6 nitrogen and oxygen atoms in total. The molecule has 0 amide bonds. The van der Waals surface area contributed by atoms with Crippen LogP contribution in [-0.2, 0) is 4.84 Å². The minimum absolute atomic E-state index is 0.363. The molecule has 1 rings (SSSR count). The maximum atomic E-state index is 9.93. The summed E-state index contributed by atoms with van der Waals surface area (Å²) in [7, 11) is 1.50. The quantitative estimate of drug-likeness (QED) is 0.692. The predicted octanol–water partition coefficient (Wildman–Crippen LogP) is 1.57. The summed E-state index contributed by atoms with van der Waals surface area (Å²) in [6.07, 6.45) is 1.54. The Morgan fingerprint density at radius 1 is 1.33 bits per heavy atom. The van der Waals surface area contributed by atoms with Crippen LogP contribution in [0.2, 0.25) is 0 Å². The average Bonchev–Trinajstić information content (AvgIpc) is 2.25. The summed E-state index contributed by atoms with van der Waals surface area (Å²) in [6, 6.07) is 1.65. The second-order valence-electron chi connectivity index (χ2n) is 5.10. The molecular formula is C12H21N3O3. The second-order valence-corrected chi connectivity index (χ2v) is 5.10. The van der Waals surface area contributed by atoms with E-state index in [2.05, 4.69) is 10.5 Å². The van der Waals surface area contributed by atoms with E-state index >= 15 is 0 Å². The fourth-order valence-corrected chi connectivity index (χ4v) is 1.01. The van der Waals surface area contributed by atoms with Crippen LogP contribution in [0.5, 0.6) is 5.88 Å². The maximum absolute atomic E-state index is 9.93. The van der Waals surface area contributed by atoms with Gasteiger partial charge in [-0.1, -0.05) is 0 Å². The van der Waals surface area contributed by atoms with Crippen molar-refractivity contribution in [1.29, 1.82) is 0 Å². The Morgan fingerprint density at radius 2 is 1.94 bits per heavy atom. The fourth-order valence-electron chi connectivity index (χ4n) is 1.01. The van der Waals surface area contributed by atoms with Gasteiger partial charge in [0.05, 0.1) is 30.3 Å². The summed E-state index contributed by atoms with van der Waals surface area (Å²) in [5, 5.41) is 9.93. The number of nitrogens with one attached hydrogen (secondary N) is 1. The minimum Gasteiger partial charge on any atom is -0.480 e. The number of aromatic nitrogens is 1. The number of anilines is 2. The lowest BCUT2D eigenvalue weighted by Gasteiger charge is -2.36. The lowest BCUT2D eigenvalue weighted by Crippen LogP contribution is -2.48. The standard InChI is InChI=1S/C12H21N3O3/c1-11(2,16)12(3,4)18-15-8-6-9(13)10(17-5)14-7-8/h6-7,15-16H,13H2,1-5H3. The summed E-state index contributed by atoms with van der Waals surface area (Å²) in [5.41, 5.74) is 7.68. The van der Waals surface area contributed by atoms with Gasteiger partial charge in [-0.05, 0) is 33.8 Å². The molecule has 0 radical (unpaired) electrons. The second kappa shape index (κ2) is 4.99. The van der Waals surface area contributed by atoms with Gasteiger partial charge in [-0.3, -0.25) is 10.3 Å². The van der Waals surface area contributed by atoms with Gasteiger partial charge in [0, 0.05) is 0 Å². The third-order valence-corrected chi connectivity index (χ3v) is 2.97. The summed E-state index contributed by atoms with van der Waals surface area (Å²) < 4.78 is 4.95. The van der Waals surface area contributed by atoms with E-state index in [-0.39, 0.29) is 0 Å². The van der Waals surface area contributed by atoms with Crippen LogP contribution < -0.4 is 16.0 Å². The summed E-state index contributed by atoms with van der Waals surface area (Å²) in [4.78, 5) is 9.48. The molecule has 0 fully saturated rings. The first-order valence-electron chi connectivity index (χ1n) is 5.63. The average molecular weight is 255 g/mol. The number of methoxy groups -OCH3 is 1. The highest BCUT2D eigenvalue weighted by atomic mass is 16.7. The van der Waals surface area contributed by atoms with E-state index in [4.69, 9.17) is 15.3 Å². The molecule has 0 aromatic carbocycles. The SMILES string of the molecule is COc1ncc(NOC(C)(C)C(C)(C)O)cc1N. The summed E-state index contributed by atoms with van der Waals surface area (Å²) >= 11 is 0. The topological polar surface area (TPSA) is 89.6 Å². The van der Waals surface area contributed by atoms with Crippen LogP contribution in [0.3, 0.4) is 0 Å². The Morgan fingerprint density at radius 3 is 2.39 bits per heavy atom. The van der Waals surface area contributed by atoms with Crippen LogP contribution in [0.4, 0.5) is 11.4 Å². The number of nitrogens with zero attached hydrogens (tertiary/aromatic N) is 1. The van der Waals surface area contributed by atoms with Crippen molar-refractivity contribution in [2.45, 2.75) is 38.9 Å². The molecule has 102 valence electrons. The van der Waals surface area contributed by atoms with E-state index in [1.807, 2.05) is 0 Å². The van der Waals surface area contributed by atoms with Crippen LogP contribution >= 0.6 is 0 Å². The zero-order valence-electron chi connectivity index (χ0n) is 11.4. The van der Waals surface area contributed by atoms with E-state index in [0.717, 1.165) is 0 Å². The molecule has 0 atom stereocenters. The Hall–Kier alpha value is -1.53. The first-order chi connectivity index (χ1) is 8.17. The highest BCUT2D eigenvalue weighted by Gasteiger charge is 2.37. The van der Waals surface area contributed by atoms with E-state index in [1.54, 1.807) is 33.8 Å². The summed E-state index contributed by atoms with van der Waals surface area (Å²) in [5.74, 6) is 0.363. The molecule has 0 aliphatic heterocycles. The smallest absolute Gasteiger partial charge is 0.237 e. The van der Waals surface area contributed by atoms with Crippen molar-refractivity contribution < 1.29 is 14.7 Å². The molecular weight excluding hydrogens is 234 g/mol. The van der Waals surface area contributed by atoms with Crippen LogP contribution in [0.15, 0.2) is 12.3 Å². The largest absolute Gasteiger partial charge is 0.480 e. The van der Waals surface area contributed by atoms with Crippen molar-refractivity contribution in [3.05, 3.63) is 12.3 Å². The molecule has 4 N–H and O–H groups in total. The van der Waals surface area contributed by atoms with E-state index in [1.165, 1.54) is 13.3 Å². The van der Waals surface area contributed by atoms with Gasteiger partial charge in [0.25, 0.3) is 0 Å².